The summed E-state index contributed by atoms with van der Waals surface area (Å²) >= 11 is 1.28. The Kier molecular flexibility index (Phi) is 5.99. The van der Waals surface area contributed by atoms with Gasteiger partial charge in [0, 0.05) is 31.5 Å². The molecule has 32 heavy (non-hydrogen) atoms. The van der Waals surface area contributed by atoms with Crippen LogP contribution in [0, 0.1) is 5.82 Å². The Bertz CT molecular complexity index is 1250. The predicted octanol–water partition coefficient (Wildman–Crippen LogP) is 4.36. The first-order valence-corrected chi connectivity index (χ1v) is 10.7. The summed E-state index contributed by atoms with van der Waals surface area (Å²) < 4.78 is 21.1. The number of pyridine rings is 2. The van der Waals surface area contributed by atoms with E-state index in [0.717, 1.165) is 11.0 Å². The molecule has 4 aromatic heterocycles. The van der Waals surface area contributed by atoms with Crippen molar-refractivity contribution in [3.63, 3.8) is 0 Å². The van der Waals surface area contributed by atoms with Crippen LogP contribution in [0.2, 0.25) is 0 Å². The van der Waals surface area contributed by atoms with Gasteiger partial charge in [0.25, 0.3) is 0 Å². The van der Waals surface area contributed by atoms with Gasteiger partial charge in [0.2, 0.25) is 0 Å². The van der Waals surface area contributed by atoms with Gasteiger partial charge in [0.05, 0.1) is 22.9 Å². The van der Waals surface area contributed by atoms with Crippen molar-refractivity contribution in [3.8, 4) is 10.6 Å². The van der Waals surface area contributed by atoms with Gasteiger partial charge < -0.3 is 19.9 Å². The molecule has 0 fully saturated rings. The smallest absolute Gasteiger partial charge is 0.407 e. The van der Waals surface area contributed by atoms with Crippen LogP contribution < -0.4 is 10.6 Å². The van der Waals surface area contributed by atoms with Gasteiger partial charge in [0.1, 0.15) is 28.4 Å². The summed E-state index contributed by atoms with van der Waals surface area (Å²) in [6, 6.07) is 4.76. The number of rotatable bonds is 6. The van der Waals surface area contributed by atoms with E-state index >= 15 is 0 Å². The number of nitrogens with one attached hydrogen (secondary N) is 2. The second-order valence-corrected chi connectivity index (χ2v) is 8.94. The predicted molar refractivity (Wildman–Crippen MR) is 120 cm³/mol. The lowest BCUT2D eigenvalue weighted by Gasteiger charge is -2.19. The lowest BCUT2D eigenvalue weighted by molar-refractivity contribution is 0.0526. The number of fused-ring (bicyclic) bond motifs is 1. The van der Waals surface area contributed by atoms with E-state index in [0.29, 0.717) is 28.9 Å². The second-order valence-electron chi connectivity index (χ2n) is 7.91. The van der Waals surface area contributed by atoms with Gasteiger partial charge in [-0.1, -0.05) is 11.3 Å². The van der Waals surface area contributed by atoms with Crippen molar-refractivity contribution >= 4 is 39.4 Å². The number of ether oxygens (including phenoxy) is 1. The molecule has 0 unspecified atom stereocenters. The van der Waals surface area contributed by atoms with Crippen LogP contribution in [0.15, 0.2) is 43.1 Å². The van der Waals surface area contributed by atoms with Gasteiger partial charge in [-0.05, 0) is 32.9 Å². The molecule has 0 saturated heterocycles. The number of halogens is 1. The maximum absolute atomic E-state index is 14.0. The average Bonchev–Trinajstić information content (AvgIpc) is 3.34. The van der Waals surface area contributed by atoms with Crippen LogP contribution >= 0.6 is 11.3 Å². The Morgan fingerprint density at radius 1 is 1.22 bits per heavy atom. The zero-order valence-corrected chi connectivity index (χ0v) is 18.6. The number of amides is 1. The van der Waals surface area contributed by atoms with Crippen LogP contribution in [0.25, 0.3) is 21.6 Å². The number of nitrogens with zero attached hydrogens (tertiary/aromatic N) is 5. The molecule has 4 heterocycles. The maximum atomic E-state index is 14.0. The first-order valence-electron chi connectivity index (χ1n) is 9.90. The molecule has 0 radical (unpaired) electrons. The molecule has 2 N–H and O–H groups in total. The standard InChI is InChI=1S/C21H22FN7O2S/c1-21(2,3)31-20(30)24-7-8-29-12-27-14-10-25-17(9-15(14)29)28-19-26-11-16(32-19)18-13(22)5-4-6-23-18/h4-6,9-12H,7-8H2,1-3H3,(H,24,30)(H,25,26,28). The van der Waals surface area contributed by atoms with E-state index < -0.39 is 17.5 Å². The SMILES string of the molecule is CC(C)(C)OC(=O)NCCn1cnc2cnc(Nc3ncc(-c4ncccc4F)s3)cc21. The summed E-state index contributed by atoms with van der Waals surface area (Å²) in [5.74, 6) is 0.174. The molecular weight excluding hydrogens is 433 g/mol. The number of thiazole rings is 1. The minimum Gasteiger partial charge on any atom is -0.444 e. The molecule has 11 heteroatoms. The van der Waals surface area contributed by atoms with E-state index in [2.05, 4.69) is 30.6 Å². The molecule has 1 amide bonds. The molecule has 0 saturated carbocycles. The molecular formula is C21H22FN7O2S. The summed E-state index contributed by atoms with van der Waals surface area (Å²) in [5, 5.41) is 6.44. The van der Waals surface area contributed by atoms with Crippen molar-refractivity contribution in [1.29, 1.82) is 0 Å². The van der Waals surface area contributed by atoms with Crippen LogP contribution in [0.5, 0.6) is 0 Å². The molecule has 4 rings (SSSR count). The van der Waals surface area contributed by atoms with Crippen molar-refractivity contribution in [2.75, 3.05) is 11.9 Å². The number of alkyl carbamates (subject to hydrolysis) is 1. The first-order chi connectivity index (χ1) is 15.3. The highest BCUT2D eigenvalue weighted by Crippen LogP contribution is 2.30. The van der Waals surface area contributed by atoms with Gasteiger partial charge in [-0.25, -0.2) is 24.1 Å². The van der Waals surface area contributed by atoms with Crippen LogP contribution in [0.1, 0.15) is 20.8 Å². The fourth-order valence-corrected chi connectivity index (χ4v) is 3.74. The second kappa shape index (κ2) is 8.87. The van der Waals surface area contributed by atoms with Gasteiger partial charge in [0.15, 0.2) is 5.13 Å². The van der Waals surface area contributed by atoms with Crippen molar-refractivity contribution in [1.82, 2.24) is 29.8 Å². The van der Waals surface area contributed by atoms with Crippen LogP contribution in [0.4, 0.5) is 20.1 Å². The minimum absolute atomic E-state index is 0.261. The highest BCUT2D eigenvalue weighted by atomic mass is 32.1. The van der Waals surface area contributed by atoms with Crippen molar-refractivity contribution in [3.05, 3.63) is 48.9 Å². The molecule has 0 aliphatic heterocycles. The molecule has 0 atom stereocenters. The van der Waals surface area contributed by atoms with E-state index in [1.807, 2.05) is 31.4 Å². The number of carbonyl (C=O) groups is 1. The molecule has 9 nitrogen and oxygen atoms in total. The Hall–Kier alpha value is -3.60. The van der Waals surface area contributed by atoms with Gasteiger partial charge in [-0.2, -0.15) is 0 Å². The summed E-state index contributed by atoms with van der Waals surface area (Å²) in [4.78, 5) is 29.5. The van der Waals surface area contributed by atoms with Crippen molar-refractivity contribution in [2.45, 2.75) is 32.9 Å². The number of anilines is 2. The Labute approximate surface area is 187 Å². The third-order valence-corrected chi connectivity index (χ3v) is 5.18. The molecule has 4 aromatic rings. The largest absolute Gasteiger partial charge is 0.444 e. The zero-order chi connectivity index (χ0) is 22.7. The van der Waals surface area contributed by atoms with E-state index in [-0.39, 0.29) is 5.69 Å². The zero-order valence-electron chi connectivity index (χ0n) is 17.8. The maximum Gasteiger partial charge on any atom is 0.407 e. The van der Waals surface area contributed by atoms with Gasteiger partial charge >= 0.3 is 6.09 Å². The van der Waals surface area contributed by atoms with E-state index in [9.17, 15) is 9.18 Å². The summed E-state index contributed by atoms with van der Waals surface area (Å²) in [6.07, 6.45) is 6.00. The molecule has 166 valence electrons. The van der Waals surface area contributed by atoms with Crippen molar-refractivity contribution < 1.29 is 13.9 Å². The summed E-state index contributed by atoms with van der Waals surface area (Å²) in [7, 11) is 0. The monoisotopic (exact) mass is 455 g/mol. The third-order valence-electron chi connectivity index (χ3n) is 4.26. The quantitative estimate of drug-likeness (QED) is 0.445. The highest BCUT2D eigenvalue weighted by Gasteiger charge is 2.16. The van der Waals surface area contributed by atoms with Crippen LogP contribution in [-0.4, -0.2) is 42.7 Å². The van der Waals surface area contributed by atoms with Crippen LogP contribution in [-0.2, 0) is 11.3 Å². The van der Waals surface area contributed by atoms with E-state index in [1.54, 1.807) is 31.0 Å². The number of imidazole rings is 1. The lowest BCUT2D eigenvalue weighted by atomic mass is 10.2. The first kappa shape index (κ1) is 21.6. The Balaban J connectivity index is 1.44. The normalized spacial score (nSPS) is 11.5. The summed E-state index contributed by atoms with van der Waals surface area (Å²) in [6.45, 7) is 6.34. The number of hydrogen-bond donors (Lipinski definition) is 2. The Morgan fingerprint density at radius 3 is 2.84 bits per heavy atom. The molecule has 0 spiro atoms. The lowest BCUT2D eigenvalue weighted by Crippen LogP contribution is -2.34. The van der Waals surface area contributed by atoms with Crippen molar-refractivity contribution in [2.24, 2.45) is 0 Å². The fraction of sp³-hybridized carbons (Fsp3) is 0.286. The number of hydrogen-bond acceptors (Lipinski definition) is 8. The van der Waals surface area contributed by atoms with Gasteiger partial charge in [-0.15, -0.1) is 0 Å². The molecule has 0 aromatic carbocycles. The average molecular weight is 456 g/mol. The van der Waals surface area contributed by atoms with E-state index in [4.69, 9.17) is 4.74 Å². The Morgan fingerprint density at radius 2 is 2.06 bits per heavy atom. The third kappa shape index (κ3) is 5.17. The molecule has 0 bridgehead atoms. The number of aromatic nitrogens is 5. The molecule has 0 aliphatic rings. The minimum atomic E-state index is -0.546. The van der Waals surface area contributed by atoms with E-state index in [1.165, 1.54) is 17.4 Å². The number of carbonyl (C=O) groups excluding carboxylic acids is 1. The van der Waals surface area contributed by atoms with Gasteiger partial charge in [-0.3, -0.25) is 4.98 Å². The van der Waals surface area contributed by atoms with Crippen LogP contribution in [0.3, 0.4) is 0 Å². The molecule has 0 aliphatic carbocycles. The topological polar surface area (TPSA) is 107 Å². The highest BCUT2D eigenvalue weighted by molar-refractivity contribution is 7.18. The fourth-order valence-electron chi connectivity index (χ4n) is 2.92. The summed E-state index contributed by atoms with van der Waals surface area (Å²) in [5.41, 5.74) is 1.29.